The summed E-state index contributed by atoms with van der Waals surface area (Å²) < 4.78 is 0. The second-order valence-corrected chi connectivity index (χ2v) is 8.46. The number of anilines is 2. The van der Waals surface area contributed by atoms with E-state index in [-0.39, 0.29) is 29.8 Å². The Bertz CT molecular complexity index is 788. The minimum absolute atomic E-state index is 0.0360. The van der Waals surface area contributed by atoms with Gasteiger partial charge < -0.3 is 20.9 Å². The maximum Gasteiger partial charge on any atom is 0.319 e. The number of aryl methyl sites for hydroxylation is 1. The van der Waals surface area contributed by atoms with Gasteiger partial charge in [-0.15, -0.1) is 0 Å². The molecule has 29 heavy (non-hydrogen) atoms. The molecule has 1 saturated heterocycles. The fourth-order valence-corrected chi connectivity index (χ4v) is 4.71. The summed E-state index contributed by atoms with van der Waals surface area (Å²) in [5, 5.41) is 8.82. The predicted octanol–water partition coefficient (Wildman–Crippen LogP) is 3.26. The highest BCUT2D eigenvalue weighted by Crippen LogP contribution is 2.29. The van der Waals surface area contributed by atoms with Crippen LogP contribution < -0.4 is 16.0 Å². The van der Waals surface area contributed by atoms with Crippen molar-refractivity contribution >= 4 is 29.2 Å². The van der Waals surface area contributed by atoms with Crippen LogP contribution in [0.4, 0.5) is 16.2 Å². The molecule has 1 aromatic carbocycles. The fraction of sp³-hybridized carbons (Fsp3) is 0.591. The van der Waals surface area contributed by atoms with E-state index in [1.165, 1.54) is 6.42 Å². The van der Waals surface area contributed by atoms with E-state index in [1.807, 2.05) is 17.0 Å². The number of benzene rings is 1. The normalized spacial score (nSPS) is 24.3. The molecule has 7 heteroatoms. The van der Waals surface area contributed by atoms with Crippen LogP contribution in [0, 0.1) is 5.92 Å². The summed E-state index contributed by atoms with van der Waals surface area (Å²) in [5.74, 6) is 0.341. The van der Waals surface area contributed by atoms with Gasteiger partial charge in [-0.25, -0.2) is 4.79 Å². The van der Waals surface area contributed by atoms with E-state index in [4.69, 9.17) is 0 Å². The second kappa shape index (κ2) is 8.84. The summed E-state index contributed by atoms with van der Waals surface area (Å²) in [6.45, 7) is 1.76. The summed E-state index contributed by atoms with van der Waals surface area (Å²) in [5.41, 5.74) is 2.59. The highest BCUT2D eigenvalue weighted by molar-refractivity contribution is 5.94. The summed E-state index contributed by atoms with van der Waals surface area (Å²) in [6.07, 6.45) is 7.98. The van der Waals surface area contributed by atoms with Gasteiger partial charge in [-0.05, 0) is 75.1 Å². The molecule has 7 nitrogen and oxygen atoms in total. The molecule has 0 radical (unpaired) electrons. The number of amides is 4. The van der Waals surface area contributed by atoms with E-state index in [0.29, 0.717) is 6.42 Å². The number of hydrogen-bond acceptors (Lipinski definition) is 3. The third-order valence-electron chi connectivity index (χ3n) is 6.27. The van der Waals surface area contributed by atoms with Crippen molar-refractivity contribution in [1.82, 2.24) is 10.2 Å². The number of fused-ring (bicyclic) bond motifs is 1. The van der Waals surface area contributed by atoms with Crippen molar-refractivity contribution in [3.05, 3.63) is 23.8 Å². The van der Waals surface area contributed by atoms with Crippen LogP contribution in [-0.2, 0) is 16.0 Å². The van der Waals surface area contributed by atoms with Crippen molar-refractivity contribution in [2.75, 3.05) is 23.7 Å². The molecule has 2 aliphatic heterocycles. The van der Waals surface area contributed by atoms with Gasteiger partial charge in [-0.2, -0.15) is 0 Å². The van der Waals surface area contributed by atoms with Crippen molar-refractivity contribution < 1.29 is 14.4 Å². The number of nitrogens with zero attached hydrogens (tertiary/aromatic N) is 1. The van der Waals surface area contributed by atoms with Gasteiger partial charge in [0.15, 0.2) is 0 Å². The molecular weight excluding hydrogens is 368 g/mol. The average Bonchev–Trinajstić information content (AvgIpc) is 3.09. The quantitative estimate of drug-likeness (QED) is 0.730. The molecule has 4 amide bonds. The number of rotatable bonds is 3. The van der Waals surface area contributed by atoms with Crippen LogP contribution in [0.2, 0.25) is 0 Å². The Kier molecular flexibility index (Phi) is 6.02. The maximum absolute atomic E-state index is 12.7. The molecule has 1 aliphatic carbocycles. The van der Waals surface area contributed by atoms with Crippen LogP contribution in [0.15, 0.2) is 18.2 Å². The lowest BCUT2D eigenvalue weighted by atomic mass is 10.0. The van der Waals surface area contributed by atoms with Gasteiger partial charge in [0, 0.05) is 42.8 Å². The highest BCUT2D eigenvalue weighted by Gasteiger charge is 2.33. The Labute approximate surface area is 171 Å². The molecule has 156 valence electrons. The maximum atomic E-state index is 12.7. The molecule has 2 fully saturated rings. The van der Waals surface area contributed by atoms with Gasteiger partial charge in [0.25, 0.3) is 0 Å². The Morgan fingerprint density at radius 3 is 2.69 bits per heavy atom. The Morgan fingerprint density at radius 2 is 1.86 bits per heavy atom. The van der Waals surface area contributed by atoms with Crippen molar-refractivity contribution in [1.29, 1.82) is 0 Å². The minimum Gasteiger partial charge on any atom is -0.342 e. The molecule has 4 rings (SSSR count). The average molecular weight is 399 g/mol. The van der Waals surface area contributed by atoms with Gasteiger partial charge in [-0.3, -0.25) is 9.59 Å². The van der Waals surface area contributed by atoms with E-state index < -0.39 is 0 Å². The van der Waals surface area contributed by atoms with Gasteiger partial charge in [0.2, 0.25) is 11.8 Å². The van der Waals surface area contributed by atoms with E-state index in [1.54, 1.807) is 6.07 Å². The third-order valence-corrected chi connectivity index (χ3v) is 6.27. The Hall–Kier alpha value is -2.57. The third kappa shape index (κ3) is 4.89. The number of urea groups is 1. The number of carbonyl (C=O) groups is 3. The molecule has 0 aromatic heterocycles. The molecule has 3 aliphatic rings. The number of nitrogens with one attached hydrogen (secondary N) is 3. The molecule has 1 saturated carbocycles. The topological polar surface area (TPSA) is 90.5 Å². The summed E-state index contributed by atoms with van der Waals surface area (Å²) in [6, 6.07) is 5.38. The van der Waals surface area contributed by atoms with Gasteiger partial charge >= 0.3 is 6.03 Å². The second-order valence-electron chi connectivity index (χ2n) is 8.46. The lowest BCUT2D eigenvalue weighted by Crippen LogP contribution is -2.40. The van der Waals surface area contributed by atoms with E-state index in [9.17, 15) is 14.4 Å². The highest BCUT2D eigenvalue weighted by atomic mass is 16.2. The first kappa shape index (κ1) is 19.7. The molecule has 2 atom stereocenters. The molecule has 1 aromatic rings. The van der Waals surface area contributed by atoms with Crippen molar-refractivity contribution in [3.8, 4) is 0 Å². The zero-order valence-corrected chi connectivity index (χ0v) is 16.8. The zero-order valence-electron chi connectivity index (χ0n) is 16.8. The molecule has 0 spiro atoms. The van der Waals surface area contributed by atoms with Crippen molar-refractivity contribution in [3.63, 3.8) is 0 Å². The number of piperidine rings is 1. The van der Waals surface area contributed by atoms with Crippen molar-refractivity contribution in [2.45, 2.75) is 63.8 Å². The molecular formula is C22H30N4O3. The van der Waals surface area contributed by atoms with Crippen LogP contribution in [0.1, 0.15) is 56.9 Å². The summed E-state index contributed by atoms with van der Waals surface area (Å²) >= 11 is 0. The number of hydrogen-bond donors (Lipinski definition) is 3. The van der Waals surface area contributed by atoms with Crippen LogP contribution in [-0.4, -0.2) is 41.9 Å². The standard InChI is InChI=1S/C22H30N4O3/c27-20-6-4-5-15-13-18(9-10-19(15)25-20)24-22(29)23-17-8-7-16(14-17)21(28)26-11-2-1-3-12-26/h9-10,13,16-17H,1-8,11-12,14H2,(H,25,27)(H2,23,24,29)/t16-,17+/m1/s1. The monoisotopic (exact) mass is 398 g/mol. The van der Waals surface area contributed by atoms with Crippen LogP contribution in [0.5, 0.6) is 0 Å². The van der Waals surface area contributed by atoms with Gasteiger partial charge in [0.1, 0.15) is 0 Å². The smallest absolute Gasteiger partial charge is 0.319 e. The molecule has 2 heterocycles. The zero-order chi connectivity index (χ0) is 20.2. The Balaban J connectivity index is 1.28. The van der Waals surface area contributed by atoms with E-state index in [2.05, 4.69) is 16.0 Å². The lowest BCUT2D eigenvalue weighted by molar-refractivity contribution is -0.136. The van der Waals surface area contributed by atoms with Gasteiger partial charge in [0.05, 0.1) is 0 Å². The summed E-state index contributed by atoms with van der Waals surface area (Å²) in [7, 11) is 0. The van der Waals surface area contributed by atoms with Crippen LogP contribution in [0.25, 0.3) is 0 Å². The Morgan fingerprint density at radius 1 is 1.03 bits per heavy atom. The lowest BCUT2D eigenvalue weighted by Gasteiger charge is -2.29. The molecule has 0 bridgehead atoms. The van der Waals surface area contributed by atoms with Crippen LogP contribution in [0.3, 0.4) is 0 Å². The van der Waals surface area contributed by atoms with E-state index in [0.717, 1.165) is 75.0 Å². The van der Waals surface area contributed by atoms with Crippen molar-refractivity contribution in [2.24, 2.45) is 5.92 Å². The SMILES string of the molecule is O=C1CCCc2cc(NC(=O)N[C@H]3CC[C@@H](C(=O)N4CCCCC4)C3)ccc2N1. The first-order valence-corrected chi connectivity index (χ1v) is 10.9. The number of likely N-dealkylation sites (tertiary alicyclic amines) is 1. The largest absolute Gasteiger partial charge is 0.342 e. The molecule has 0 unspecified atom stereocenters. The minimum atomic E-state index is -0.237. The van der Waals surface area contributed by atoms with E-state index >= 15 is 0 Å². The first-order valence-electron chi connectivity index (χ1n) is 10.9. The fourth-order valence-electron chi connectivity index (χ4n) is 4.71. The molecule has 3 N–H and O–H groups in total. The van der Waals surface area contributed by atoms with Gasteiger partial charge in [-0.1, -0.05) is 0 Å². The van der Waals surface area contributed by atoms with Crippen LogP contribution >= 0.6 is 0 Å². The first-order chi connectivity index (χ1) is 14.1. The predicted molar refractivity (Wildman–Crippen MR) is 112 cm³/mol. The summed E-state index contributed by atoms with van der Waals surface area (Å²) in [4.78, 5) is 38.8. The number of carbonyl (C=O) groups excluding carboxylic acids is 3.